The van der Waals surface area contributed by atoms with Gasteiger partial charge in [0.25, 0.3) is 0 Å². The molecule has 1 aliphatic carbocycles. The molecule has 0 radical (unpaired) electrons. The Balaban J connectivity index is 2.28. The standard InChI is InChI=1S/C15H21Cl2N/c1-18-10-12(11-6-3-2-4-7-11)15-13(16)8-5-9-14(15)17/h5,8-9,11-12,18H,2-4,6-7,10H2,1H3. The van der Waals surface area contributed by atoms with Gasteiger partial charge < -0.3 is 5.32 Å². The average molecular weight is 286 g/mol. The molecule has 1 aromatic rings. The topological polar surface area (TPSA) is 12.0 Å². The van der Waals surface area contributed by atoms with Crippen molar-refractivity contribution in [3.63, 3.8) is 0 Å². The number of halogens is 2. The van der Waals surface area contributed by atoms with Gasteiger partial charge in [-0.2, -0.15) is 0 Å². The van der Waals surface area contributed by atoms with Crippen LogP contribution in [0.5, 0.6) is 0 Å². The summed E-state index contributed by atoms with van der Waals surface area (Å²) in [5.74, 6) is 1.15. The molecule has 1 N–H and O–H groups in total. The van der Waals surface area contributed by atoms with Crippen LogP contribution in [0.25, 0.3) is 0 Å². The van der Waals surface area contributed by atoms with E-state index in [1.807, 2.05) is 25.2 Å². The lowest BCUT2D eigenvalue weighted by Gasteiger charge is -2.31. The van der Waals surface area contributed by atoms with Crippen molar-refractivity contribution in [1.29, 1.82) is 0 Å². The predicted octanol–water partition coefficient (Wildman–Crippen LogP) is 4.88. The van der Waals surface area contributed by atoms with Crippen LogP contribution in [0.3, 0.4) is 0 Å². The molecule has 1 fully saturated rings. The first kappa shape index (κ1) is 14.2. The van der Waals surface area contributed by atoms with E-state index >= 15 is 0 Å². The van der Waals surface area contributed by atoms with Crippen LogP contribution in [0.15, 0.2) is 18.2 Å². The van der Waals surface area contributed by atoms with E-state index in [-0.39, 0.29) is 0 Å². The second kappa shape index (κ2) is 6.79. The minimum absolute atomic E-state index is 0.441. The molecule has 0 aromatic heterocycles. The van der Waals surface area contributed by atoms with Gasteiger partial charge in [0.05, 0.1) is 0 Å². The zero-order valence-electron chi connectivity index (χ0n) is 10.9. The Kier molecular flexibility index (Phi) is 5.35. The van der Waals surface area contributed by atoms with E-state index in [0.717, 1.165) is 22.2 Å². The van der Waals surface area contributed by atoms with Crippen LogP contribution in [-0.2, 0) is 0 Å². The molecular formula is C15H21Cl2N. The van der Waals surface area contributed by atoms with E-state index < -0.39 is 0 Å². The van der Waals surface area contributed by atoms with Crippen molar-refractivity contribution in [2.24, 2.45) is 5.92 Å². The fourth-order valence-electron chi connectivity index (χ4n) is 3.13. The molecule has 3 heteroatoms. The quantitative estimate of drug-likeness (QED) is 0.832. The minimum atomic E-state index is 0.441. The summed E-state index contributed by atoms with van der Waals surface area (Å²) in [7, 11) is 2.00. The predicted molar refractivity (Wildman–Crippen MR) is 79.7 cm³/mol. The fourth-order valence-corrected chi connectivity index (χ4v) is 3.80. The van der Waals surface area contributed by atoms with Gasteiger partial charge >= 0.3 is 0 Å². The summed E-state index contributed by atoms with van der Waals surface area (Å²) in [6.45, 7) is 0.952. The minimum Gasteiger partial charge on any atom is -0.319 e. The van der Waals surface area contributed by atoms with Gasteiger partial charge in [-0.25, -0.2) is 0 Å². The fraction of sp³-hybridized carbons (Fsp3) is 0.600. The van der Waals surface area contributed by atoms with E-state index in [1.165, 1.54) is 32.1 Å². The summed E-state index contributed by atoms with van der Waals surface area (Å²) in [6, 6.07) is 5.83. The van der Waals surface area contributed by atoms with Crippen molar-refractivity contribution in [3.05, 3.63) is 33.8 Å². The Morgan fingerprint density at radius 1 is 1.17 bits per heavy atom. The van der Waals surface area contributed by atoms with Gasteiger partial charge in [-0.15, -0.1) is 0 Å². The number of rotatable bonds is 4. The van der Waals surface area contributed by atoms with Crippen molar-refractivity contribution < 1.29 is 0 Å². The Hall–Kier alpha value is -0.240. The van der Waals surface area contributed by atoms with E-state index in [0.29, 0.717) is 11.8 Å². The van der Waals surface area contributed by atoms with Gasteiger partial charge in [0.2, 0.25) is 0 Å². The summed E-state index contributed by atoms with van der Waals surface area (Å²) in [5.41, 5.74) is 1.14. The summed E-state index contributed by atoms with van der Waals surface area (Å²) < 4.78 is 0. The molecule has 1 unspecified atom stereocenters. The molecule has 0 amide bonds. The molecule has 18 heavy (non-hydrogen) atoms. The van der Waals surface area contributed by atoms with Crippen LogP contribution in [0.1, 0.15) is 43.6 Å². The lowest BCUT2D eigenvalue weighted by Crippen LogP contribution is -2.26. The Bertz CT molecular complexity index is 366. The SMILES string of the molecule is CNCC(c1c(Cl)cccc1Cl)C1CCCCC1. The average Bonchev–Trinajstić information content (AvgIpc) is 2.38. The smallest absolute Gasteiger partial charge is 0.0456 e. The van der Waals surface area contributed by atoms with Crippen LogP contribution < -0.4 is 5.32 Å². The largest absolute Gasteiger partial charge is 0.319 e. The molecule has 0 saturated heterocycles. The zero-order chi connectivity index (χ0) is 13.0. The van der Waals surface area contributed by atoms with Crippen molar-refractivity contribution in [2.45, 2.75) is 38.0 Å². The summed E-state index contributed by atoms with van der Waals surface area (Å²) in [4.78, 5) is 0. The van der Waals surface area contributed by atoms with Crippen molar-refractivity contribution in [2.75, 3.05) is 13.6 Å². The second-order valence-corrected chi connectivity index (χ2v) is 6.01. The molecule has 1 atom stereocenters. The Morgan fingerprint density at radius 2 is 1.78 bits per heavy atom. The maximum absolute atomic E-state index is 6.37. The molecule has 1 saturated carbocycles. The molecule has 0 bridgehead atoms. The number of hydrogen-bond acceptors (Lipinski definition) is 1. The van der Waals surface area contributed by atoms with Gasteiger partial charge in [-0.3, -0.25) is 0 Å². The molecule has 1 nitrogen and oxygen atoms in total. The molecule has 1 aliphatic rings. The van der Waals surface area contributed by atoms with Crippen LogP contribution in [0, 0.1) is 5.92 Å². The third kappa shape index (κ3) is 3.20. The summed E-state index contributed by atoms with van der Waals surface area (Å²) >= 11 is 12.7. The highest BCUT2D eigenvalue weighted by Gasteiger charge is 2.27. The van der Waals surface area contributed by atoms with Gasteiger partial charge in [-0.1, -0.05) is 48.5 Å². The highest BCUT2D eigenvalue weighted by atomic mass is 35.5. The molecular weight excluding hydrogens is 265 g/mol. The summed E-state index contributed by atoms with van der Waals surface area (Å²) in [6.07, 6.45) is 6.65. The highest BCUT2D eigenvalue weighted by Crippen LogP contribution is 2.41. The van der Waals surface area contributed by atoms with Crippen LogP contribution >= 0.6 is 23.2 Å². The second-order valence-electron chi connectivity index (χ2n) is 5.20. The maximum atomic E-state index is 6.37. The maximum Gasteiger partial charge on any atom is 0.0456 e. The monoisotopic (exact) mass is 285 g/mol. The van der Waals surface area contributed by atoms with Gasteiger partial charge in [0.15, 0.2) is 0 Å². The van der Waals surface area contributed by atoms with E-state index in [1.54, 1.807) is 0 Å². The van der Waals surface area contributed by atoms with Crippen molar-refractivity contribution in [3.8, 4) is 0 Å². The lowest BCUT2D eigenvalue weighted by atomic mass is 9.76. The third-order valence-corrected chi connectivity index (χ3v) is 4.67. The first-order valence-electron chi connectivity index (χ1n) is 6.82. The van der Waals surface area contributed by atoms with E-state index in [9.17, 15) is 0 Å². The molecule has 0 heterocycles. The highest BCUT2D eigenvalue weighted by molar-refractivity contribution is 6.36. The normalized spacial score (nSPS) is 18.8. The molecule has 0 spiro atoms. The first-order chi connectivity index (χ1) is 8.74. The first-order valence-corrected chi connectivity index (χ1v) is 7.58. The van der Waals surface area contributed by atoms with Crippen LogP contribution in [0.2, 0.25) is 10.0 Å². The third-order valence-electron chi connectivity index (χ3n) is 4.01. The van der Waals surface area contributed by atoms with Gasteiger partial charge in [0, 0.05) is 22.5 Å². The zero-order valence-corrected chi connectivity index (χ0v) is 12.4. The summed E-state index contributed by atoms with van der Waals surface area (Å²) in [5, 5.41) is 4.93. The number of nitrogens with one attached hydrogen (secondary N) is 1. The number of benzene rings is 1. The van der Waals surface area contributed by atoms with Crippen LogP contribution in [-0.4, -0.2) is 13.6 Å². The number of hydrogen-bond donors (Lipinski definition) is 1. The molecule has 1 aromatic carbocycles. The molecule has 100 valence electrons. The molecule has 0 aliphatic heterocycles. The lowest BCUT2D eigenvalue weighted by molar-refractivity contribution is 0.300. The Labute approximate surface area is 120 Å². The van der Waals surface area contributed by atoms with Crippen LogP contribution in [0.4, 0.5) is 0 Å². The van der Waals surface area contributed by atoms with Crippen molar-refractivity contribution >= 4 is 23.2 Å². The van der Waals surface area contributed by atoms with Crippen molar-refractivity contribution in [1.82, 2.24) is 5.32 Å². The van der Waals surface area contributed by atoms with E-state index in [2.05, 4.69) is 5.32 Å². The van der Waals surface area contributed by atoms with E-state index in [4.69, 9.17) is 23.2 Å². The number of likely N-dealkylation sites (N-methyl/N-ethyl adjacent to an activating group) is 1. The Morgan fingerprint density at radius 3 is 2.33 bits per heavy atom. The molecule has 2 rings (SSSR count). The van der Waals surface area contributed by atoms with Gasteiger partial charge in [0.1, 0.15) is 0 Å². The van der Waals surface area contributed by atoms with Gasteiger partial charge in [-0.05, 0) is 43.5 Å².